The summed E-state index contributed by atoms with van der Waals surface area (Å²) in [4.78, 5) is 62.1. The van der Waals surface area contributed by atoms with E-state index >= 15 is 0 Å². The Hall–Kier alpha value is -3.15. The lowest BCUT2D eigenvalue weighted by Gasteiger charge is -2.23. The van der Waals surface area contributed by atoms with Crippen LogP contribution >= 0.6 is 11.8 Å². The van der Waals surface area contributed by atoms with Gasteiger partial charge >= 0.3 is 18.2 Å². The van der Waals surface area contributed by atoms with Crippen LogP contribution < -0.4 is 4.90 Å². The van der Waals surface area contributed by atoms with Crippen LogP contribution in [0.1, 0.15) is 30.7 Å². The van der Waals surface area contributed by atoms with E-state index in [4.69, 9.17) is 14.2 Å². The van der Waals surface area contributed by atoms with Crippen LogP contribution in [0, 0.1) is 11.7 Å². The first-order valence-electron chi connectivity index (χ1n) is 10.7. The van der Waals surface area contributed by atoms with Gasteiger partial charge in [-0.3, -0.25) is 35.9 Å². The summed E-state index contributed by atoms with van der Waals surface area (Å²) in [6.45, 7) is -0.627. The predicted molar refractivity (Wildman–Crippen MR) is 117 cm³/mol. The van der Waals surface area contributed by atoms with Crippen LogP contribution in [0.5, 0.6) is 0 Å². The van der Waals surface area contributed by atoms with Crippen molar-refractivity contribution in [2.45, 2.75) is 31.4 Å². The van der Waals surface area contributed by atoms with E-state index in [9.17, 15) is 28.4 Å². The van der Waals surface area contributed by atoms with Gasteiger partial charge in [-0.1, -0.05) is 6.07 Å². The van der Waals surface area contributed by atoms with Crippen molar-refractivity contribution in [1.82, 2.24) is 4.90 Å². The number of rotatable bonds is 6. The highest BCUT2D eigenvalue weighted by Crippen LogP contribution is 2.34. The first kappa shape index (κ1) is 23.0. The van der Waals surface area contributed by atoms with Crippen molar-refractivity contribution in [3.63, 3.8) is 0 Å². The number of esters is 1. The Morgan fingerprint density at radius 2 is 1.97 bits per heavy atom. The number of ketones is 1. The maximum absolute atomic E-state index is 14.8. The van der Waals surface area contributed by atoms with Crippen molar-refractivity contribution in [3.8, 4) is 0 Å². The molecule has 0 aromatic heterocycles. The van der Waals surface area contributed by atoms with Crippen LogP contribution in [0.25, 0.3) is 0 Å². The zero-order valence-electron chi connectivity index (χ0n) is 18.0. The van der Waals surface area contributed by atoms with Gasteiger partial charge in [-0.2, -0.15) is 0 Å². The predicted octanol–water partition coefficient (Wildman–Crippen LogP) is 1.33. The summed E-state index contributed by atoms with van der Waals surface area (Å²) in [5.74, 6) is -1.92. The number of carbonyl (C=O) groups is 5. The molecule has 2 heterocycles. The van der Waals surface area contributed by atoms with Crippen molar-refractivity contribution in [1.29, 1.82) is 0 Å². The molecule has 0 N–H and O–H groups in total. The van der Waals surface area contributed by atoms with Gasteiger partial charge < -0.3 is 14.2 Å². The fourth-order valence-electron chi connectivity index (χ4n) is 3.83. The van der Waals surface area contributed by atoms with E-state index in [0.29, 0.717) is 12.2 Å². The normalized spacial score (nSPS) is 23.0. The lowest BCUT2D eigenvalue weighted by atomic mass is 9.91. The first-order valence-corrected chi connectivity index (χ1v) is 12.4. The summed E-state index contributed by atoms with van der Waals surface area (Å²) in [5.41, 5.74) is 0.323. The number of benzene rings is 1. The minimum Gasteiger partial charge on any atom is -0.428 e. The Bertz CT molecular complexity index is 1010. The molecular formula is C21H25FN2O8S. The Labute approximate surface area is 192 Å². The summed E-state index contributed by atoms with van der Waals surface area (Å²) >= 11 is -1.07. The molecule has 33 heavy (non-hydrogen) atoms. The van der Waals surface area contributed by atoms with E-state index < -0.39 is 60.5 Å². The van der Waals surface area contributed by atoms with Gasteiger partial charge in [0.1, 0.15) is 5.82 Å². The molecule has 1 saturated carbocycles. The van der Waals surface area contributed by atoms with Gasteiger partial charge in [0.05, 0.1) is 24.1 Å². The van der Waals surface area contributed by atoms with Crippen LogP contribution in [-0.2, 0) is 28.6 Å². The van der Waals surface area contributed by atoms with Crippen molar-refractivity contribution in [3.05, 3.63) is 29.6 Å². The summed E-state index contributed by atoms with van der Waals surface area (Å²) in [5, 5.41) is -0.363. The number of Topliss-reactive ketones (excluding diaryl/α,β-unsaturated/α-hetero) is 1. The molecule has 1 aromatic rings. The molecule has 2 amide bonds. The average molecular weight is 485 g/mol. The molecule has 1 aliphatic carbocycles. The summed E-state index contributed by atoms with van der Waals surface area (Å²) in [7, 11) is 1.35. The summed E-state index contributed by atoms with van der Waals surface area (Å²) < 4.78 is 29.7. The van der Waals surface area contributed by atoms with Crippen LogP contribution in [-0.4, -0.2) is 66.3 Å². The zero-order chi connectivity index (χ0) is 23.7. The largest absolute Gasteiger partial charge is 0.428 e. The van der Waals surface area contributed by atoms with Crippen LogP contribution in [0.4, 0.5) is 19.7 Å². The monoisotopic (exact) mass is 484 g/mol. The van der Waals surface area contributed by atoms with E-state index in [1.165, 1.54) is 19.2 Å². The number of anilines is 1. The highest BCUT2D eigenvalue weighted by molar-refractivity contribution is 8.15. The number of hydrogen-bond acceptors (Lipinski definition) is 8. The third-order valence-electron chi connectivity index (χ3n) is 5.97. The lowest BCUT2D eigenvalue weighted by molar-refractivity contribution is -0.154. The molecule has 3 fully saturated rings. The van der Waals surface area contributed by atoms with Crippen LogP contribution in [0.15, 0.2) is 18.2 Å². The molecule has 0 bridgehead atoms. The quantitative estimate of drug-likeness (QED) is 0.337. The molecule has 0 radical (unpaired) electrons. The second kappa shape index (κ2) is 9.38. The minimum absolute atomic E-state index is 0.0858. The van der Waals surface area contributed by atoms with Crippen LogP contribution in [0.3, 0.4) is 0 Å². The molecule has 2 atom stereocenters. The third kappa shape index (κ3) is 4.95. The molecule has 4 rings (SSSR count). The SMILES string of the molecule is CN(C(=O)OCOC(=O)C1CC1)[C@@H]1CN(c2ccc(C3CC[SH4]C(=O)C3=O)c(F)c2)C(=O)O1. The second-order valence-electron chi connectivity index (χ2n) is 8.26. The number of ether oxygens (including phenoxy) is 3. The maximum Gasteiger partial charge on any atom is 0.416 e. The van der Waals surface area contributed by atoms with E-state index in [1.54, 1.807) is 0 Å². The highest BCUT2D eigenvalue weighted by atomic mass is 32.2. The molecule has 10 nitrogen and oxygen atoms in total. The van der Waals surface area contributed by atoms with Gasteiger partial charge in [-0.25, -0.2) is 14.0 Å². The Kier molecular flexibility index (Phi) is 6.54. The fourth-order valence-corrected chi connectivity index (χ4v) is 5.26. The number of cyclic esters (lactones) is 1. The highest BCUT2D eigenvalue weighted by Gasteiger charge is 2.38. The third-order valence-corrected chi connectivity index (χ3v) is 7.53. The Morgan fingerprint density at radius 1 is 1.21 bits per heavy atom. The van der Waals surface area contributed by atoms with Gasteiger partial charge in [0, 0.05) is 7.05 Å². The van der Waals surface area contributed by atoms with Gasteiger partial charge in [-0.05, 0) is 42.7 Å². The first-order chi connectivity index (χ1) is 15.8. The van der Waals surface area contributed by atoms with Gasteiger partial charge in [0.15, 0.2) is 6.23 Å². The molecule has 2 aliphatic heterocycles. The number of halogens is 1. The molecular weight excluding hydrogens is 459 g/mol. The number of carbonyl (C=O) groups excluding carboxylic acids is 5. The van der Waals surface area contributed by atoms with Crippen molar-refractivity contribution < 1.29 is 42.6 Å². The molecule has 2 saturated heterocycles. The molecule has 3 aliphatic rings. The van der Waals surface area contributed by atoms with Crippen LogP contribution in [0.2, 0.25) is 0 Å². The van der Waals surface area contributed by atoms with E-state index in [0.717, 1.165) is 28.7 Å². The molecule has 1 unspecified atom stereocenters. The standard InChI is InChI=1S/C21H25FN2O8S/c1-23(20(28)31-10-30-18(26)11-2-3-11)16-9-24(21(29)32-16)12-4-5-13(15(22)8-12)14-6-7-33-19(27)17(14)25/h4-5,8,11,14,16H,2-3,6-7,9-10H2,1H3,33H4/t14?,16-/m0/s1. The lowest BCUT2D eigenvalue weighted by Crippen LogP contribution is -2.40. The smallest absolute Gasteiger partial charge is 0.416 e. The maximum atomic E-state index is 14.8. The van der Waals surface area contributed by atoms with Gasteiger partial charge in [0.25, 0.3) is 0 Å². The Balaban J connectivity index is 1.36. The number of nitrogens with zero attached hydrogens (tertiary/aromatic N) is 2. The molecule has 180 valence electrons. The molecule has 12 heteroatoms. The molecule has 0 spiro atoms. The van der Waals surface area contributed by atoms with Crippen molar-refractivity contribution >= 4 is 46.5 Å². The zero-order valence-corrected chi connectivity index (χ0v) is 19.4. The van der Waals surface area contributed by atoms with Gasteiger partial charge in [-0.15, -0.1) is 0 Å². The summed E-state index contributed by atoms with van der Waals surface area (Å²) in [6.07, 6.45) is -0.679. The Morgan fingerprint density at radius 3 is 2.67 bits per heavy atom. The molecule has 1 aromatic carbocycles. The van der Waals surface area contributed by atoms with E-state index in [2.05, 4.69) is 0 Å². The topological polar surface area (TPSA) is 120 Å². The van der Waals surface area contributed by atoms with E-state index in [1.807, 2.05) is 0 Å². The minimum atomic E-state index is -1.07. The average Bonchev–Trinajstić information content (AvgIpc) is 3.57. The van der Waals surface area contributed by atoms with Crippen molar-refractivity contribution in [2.75, 3.05) is 31.0 Å². The van der Waals surface area contributed by atoms with E-state index in [-0.39, 0.29) is 28.8 Å². The van der Waals surface area contributed by atoms with Crippen molar-refractivity contribution in [2.24, 2.45) is 5.92 Å². The number of amides is 2. The van der Waals surface area contributed by atoms with Gasteiger partial charge in [0.2, 0.25) is 17.7 Å². The fraction of sp³-hybridized carbons (Fsp3) is 0.476. The second-order valence-corrected chi connectivity index (χ2v) is 10.1. The number of hydrogen-bond donors (Lipinski definition) is 0. The summed E-state index contributed by atoms with van der Waals surface area (Å²) in [6, 6.07) is 3.99. The number of likely N-dealkylation sites (N-methyl/N-ethyl adjacent to an activating group) is 1.